The van der Waals surface area contributed by atoms with Crippen LogP contribution >= 0.6 is 0 Å². The Balaban J connectivity index is 1.85. The van der Waals surface area contributed by atoms with Crippen molar-refractivity contribution in [2.24, 2.45) is 5.92 Å². The molecule has 0 spiro atoms. The van der Waals surface area contributed by atoms with Gasteiger partial charge in [0.1, 0.15) is 0 Å². The Labute approximate surface area is 135 Å². The van der Waals surface area contributed by atoms with Gasteiger partial charge in [-0.15, -0.1) is 0 Å². The Morgan fingerprint density at radius 2 is 1.73 bits per heavy atom. The van der Waals surface area contributed by atoms with E-state index < -0.39 is 10.0 Å². The topological polar surface area (TPSA) is 49.4 Å². The van der Waals surface area contributed by atoms with Crippen LogP contribution < -0.4 is 5.32 Å². The monoisotopic (exact) mass is 324 g/mol. The molecule has 1 atom stereocenters. The largest absolute Gasteiger partial charge is 0.307 e. The second kappa shape index (κ2) is 7.57. The quantitative estimate of drug-likeness (QED) is 0.875. The molecule has 0 saturated carbocycles. The van der Waals surface area contributed by atoms with Crippen LogP contribution in [0.15, 0.2) is 30.3 Å². The lowest BCUT2D eigenvalue weighted by Gasteiger charge is -2.33. The highest BCUT2D eigenvalue weighted by Gasteiger charge is 2.28. The van der Waals surface area contributed by atoms with Crippen molar-refractivity contribution < 1.29 is 8.42 Å². The van der Waals surface area contributed by atoms with Crippen molar-refractivity contribution in [2.45, 2.75) is 45.7 Å². The van der Waals surface area contributed by atoms with Crippen LogP contribution in [0.2, 0.25) is 0 Å². The van der Waals surface area contributed by atoms with E-state index in [9.17, 15) is 8.42 Å². The van der Waals surface area contributed by atoms with Crippen LogP contribution in [-0.4, -0.2) is 37.6 Å². The van der Waals surface area contributed by atoms with E-state index in [0.29, 0.717) is 25.2 Å². The molecule has 4 nitrogen and oxygen atoms in total. The summed E-state index contributed by atoms with van der Waals surface area (Å²) in [5.74, 6) is 0.435. The summed E-state index contributed by atoms with van der Waals surface area (Å²) in [5, 5.41) is 3.63. The predicted octanol–water partition coefficient (Wildman–Crippen LogP) is 2.79. The zero-order valence-corrected chi connectivity index (χ0v) is 14.6. The average molecular weight is 324 g/mol. The maximum absolute atomic E-state index is 12.3. The fourth-order valence-electron chi connectivity index (χ4n) is 3.02. The van der Waals surface area contributed by atoms with Crippen molar-refractivity contribution in [3.05, 3.63) is 35.9 Å². The third-order valence-corrected chi connectivity index (χ3v) is 6.42. The first-order valence-electron chi connectivity index (χ1n) is 8.17. The molecule has 1 heterocycles. The highest BCUT2D eigenvalue weighted by Crippen LogP contribution is 2.19. The smallest absolute Gasteiger partial charge is 0.214 e. The molecule has 1 fully saturated rings. The fraction of sp³-hybridized carbons (Fsp3) is 0.647. The summed E-state index contributed by atoms with van der Waals surface area (Å²) in [6, 6.07) is 11.1. The number of nitrogens with one attached hydrogen (secondary N) is 1. The molecular weight excluding hydrogens is 296 g/mol. The van der Waals surface area contributed by atoms with E-state index in [1.807, 2.05) is 19.9 Å². The number of nitrogens with zero attached hydrogens (tertiary/aromatic N) is 1. The lowest BCUT2D eigenvalue weighted by molar-refractivity contribution is 0.276. The molecular formula is C17H28N2O2S. The molecule has 1 N–H and O–H groups in total. The summed E-state index contributed by atoms with van der Waals surface area (Å²) in [6.45, 7) is 7.33. The van der Waals surface area contributed by atoms with Crippen LogP contribution in [0.4, 0.5) is 0 Å². The van der Waals surface area contributed by atoms with Gasteiger partial charge in [0.2, 0.25) is 10.0 Å². The molecule has 1 aromatic carbocycles. The lowest BCUT2D eigenvalue weighted by Crippen LogP contribution is -2.46. The molecule has 1 aliphatic heterocycles. The van der Waals surface area contributed by atoms with E-state index in [2.05, 4.69) is 36.5 Å². The van der Waals surface area contributed by atoms with Gasteiger partial charge in [-0.05, 0) is 31.2 Å². The van der Waals surface area contributed by atoms with Crippen LogP contribution in [0, 0.1) is 5.92 Å². The van der Waals surface area contributed by atoms with Gasteiger partial charge in [0.05, 0.1) is 5.75 Å². The second-order valence-electron chi connectivity index (χ2n) is 6.64. The molecule has 0 aliphatic carbocycles. The number of rotatable bonds is 6. The van der Waals surface area contributed by atoms with Gasteiger partial charge in [-0.2, -0.15) is 0 Å². The number of hydrogen-bond donors (Lipinski definition) is 1. The fourth-order valence-corrected chi connectivity index (χ4v) is 4.84. The zero-order valence-electron chi connectivity index (χ0n) is 13.8. The Morgan fingerprint density at radius 1 is 1.14 bits per heavy atom. The Morgan fingerprint density at radius 3 is 2.27 bits per heavy atom. The first-order valence-corrected chi connectivity index (χ1v) is 9.78. The van der Waals surface area contributed by atoms with Crippen LogP contribution in [0.3, 0.4) is 0 Å². The Bertz CT molecular complexity index is 549. The number of sulfonamides is 1. The van der Waals surface area contributed by atoms with E-state index in [4.69, 9.17) is 0 Å². The molecule has 0 bridgehead atoms. The van der Waals surface area contributed by atoms with Gasteiger partial charge in [-0.1, -0.05) is 44.2 Å². The molecule has 0 unspecified atom stereocenters. The summed E-state index contributed by atoms with van der Waals surface area (Å²) in [4.78, 5) is 0. The van der Waals surface area contributed by atoms with Crippen molar-refractivity contribution in [3.63, 3.8) is 0 Å². The van der Waals surface area contributed by atoms with Crippen molar-refractivity contribution in [1.29, 1.82) is 0 Å². The molecule has 5 heteroatoms. The van der Waals surface area contributed by atoms with E-state index in [0.717, 1.165) is 12.8 Å². The number of hydrogen-bond acceptors (Lipinski definition) is 3. The average Bonchev–Trinajstić information content (AvgIpc) is 2.47. The van der Waals surface area contributed by atoms with Crippen molar-refractivity contribution in [2.75, 3.05) is 18.8 Å². The van der Waals surface area contributed by atoms with Crippen LogP contribution in [0.25, 0.3) is 0 Å². The highest BCUT2D eigenvalue weighted by molar-refractivity contribution is 7.89. The standard InChI is InChI=1S/C17H28N2O2S/c1-14(2)13-22(20,21)19-11-9-17(10-12-19)18-15(3)16-7-5-4-6-8-16/h4-8,14-15,17-18H,9-13H2,1-3H3/t15-/m1/s1. The van der Waals surface area contributed by atoms with Crippen molar-refractivity contribution in [3.8, 4) is 0 Å². The maximum atomic E-state index is 12.3. The molecule has 1 aliphatic rings. The summed E-state index contributed by atoms with van der Waals surface area (Å²) in [7, 11) is -3.08. The van der Waals surface area contributed by atoms with Gasteiger partial charge in [-0.3, -0.25) is 0 Å². The van der Waals surface area contributed by atoms with Crippen LogP contribution in [0.5, 0.6) is 0 Å². The first-order chi connectivity index (χ1) is 10.4. The summed E-state index contributed by atoms with van der Waals surface area (Å²) < 4.78 is 26.2. The van der Waals surface area contributed by atoms with Crippen molar-refractivity contribution in [1.82, 2.24) is 9.62 Å². The van der Waals surface area contributed by atoms with E-state index in [1.54, 1.807) is 4.31 Å². The molecule has 1 aromatic rings. The molecule has 0 amide bonds. The minimum absolute atomic E-state index is 0.180. The summed E-state index contributed by atoms with van der Waals surface area (Å²) in [6.07, 6.45) is 1.77. The van der Waals surface area contributed by atoms with Gasteiger partial charge >= 0.3 is 0 Å². The molecule has 22 heavy (non-hydrogen) atoms. The first kappa shape index (κ1) is 17.4. The Kier molecular flexibility index (Phi) is 6.01. The van der Waals surface area contributed by atoms with Crippen LogP contribution in [0.1, 0.15) is 45.2 Å². The third-order valence-electron chi connectivity index (χ3n) is 4.18. The van der Waals surface area contributed by atoms with Gasteiger partial charge in [0.15, 0.2) is 0 Å². The number of benzene rings is 1. The molecule has 124 valence electrons. The SMILES string of the molecule is CC(C)CS(=O)(=O)N1CCC(N[C@H](C)c2ccccc2)CC1. The zero-order chi connectivity index (χ0) is 16.2. The normalized spacial score (nSPS) is 19.5. The van der Waals surface area contributed by atoms with Gasteiger partial charge < -0.3 is 5.32 Å². The van der Waals surface area contributed by atoms with Crippen molar-refractivity contribution >= 4 is 10.0 Å². The van der Waals surface area contributed by atoms with Gasteiger partial charge in [0, 0.05) is 25.2 Å². The van der Waals surface area contributed by atoms with Gasteiger partial charge in [0.25, 0.3) is 0 Å². The molecule has 0 radical (unpaired) electrons. The summed E-state index contributed by atoms with van der Waals surface area (Å²) >= 11 is 0. The molecule has 2 rings (SSSR count). The highest BCUT2D eigenvalue weighted by atomic mass is 32.2. The van der Waals surface area contributed by atoms with Gasteiger partial charge in [-0.25, -0.2) is 12.7 Å². The molecule has 0 aromatic heterocycles. The second-order valence-corrected chi connectivity index (χ2v) is 8.66. The third kappa shape index (κ3) is 4.80. The summed E-state index contributed by atoms with van der Waals surface area (Å²) in [5.41, 5.74) is 1.28. The number of piperidine rings is 1. The van der Waals surface area contributed by atoms with E-state index >= 15 is 0 Å². The minimum Gasteiger partial charge on any atom is -0.307 e. The Hall–Kier alpha value is -0.910. The lowest BCUT2D eigenvalue weighted by atomic mass is 10.0. The van der Waals surface area contributed by atoms with E-state index in [1.165, 1.54) is 5.56 Å². The maximum Gasteiger partial charge on any atom is 0.214 e. The van der Waals surface area contributed by atoms with Crippen LogP contribution in [-0.2, 0) is 10.0 Å². The van der Waals surface area contributed by atoms with E-state index in [-0.39, 0.29) is 11.7 Å². The predicted molar refractivity (Wildman–Crippen MR) is 91.2 cm³/mol. The molecule has 1 saturated heterocycles. The minimum atomic E-state index is -3.08.